The predicted octanol–water partition coefficient (Wildman–Crippen LogP) is 3.47. The molecule has 18 heavy (non-hydrogen) atoms. The average Bonchev–Trinajstić information content (AvgIpc) is 2.38. The van der Waals surface area contributed by atoms with E-state index in [1.807, 2.05) is 6.92 Å². The van der Waals surface area contributed by atoms with Gasteiger partial charge in [0.25, 0.3) is 0 Å². The van der Waals surface area contributed by atoms with E-state index in [0.29, 0.717) is 28.6 Å². The number of carbonyl (C=O) groups is 1. The van der Waals surface area contributed by atoms with Crippen molar-refractivity contribution in [1.82, 2.24) is 0 Å². The smallest absolute Gasteiger partial charge is 0.238 e. The van der Waals surface area contributed by atoms with E-state index in [1.54, 1.807) is 12.1 Å². The van der Waals surface area contributed by atoms with Gasteiger partial charge < -0.3 is 14.8 Å². The zero-order chi connectivity index (χ0) is 13.7. The number of hydrogen-bond donors (Lipinski definition) is 1. The number of rotatable bonds is 5. The van der Waals surface area contributed by atoms with Gasteiger partial charge in [-0.15, -0.1) is 0 Å². The van der Waals surface area contributed by atoms with Crippen LogP contribution in [0.3, 0.4) is 0 Å². The summed E-state index contributed by atoms with van der Waals surface area (Å²) in [6.07, 6.45) is 0.692. The number of carbonyl (C=O) groups excluding carboxylic acids is 1. The van der Waals surface area contributed by atoms with Crippen molar-refractivity contribution in [2.24, 2.45) is 0 Å². The molecule has 0 aliphatic rings. The number of hydrogen-bond acceptors (Lipinski definition) is 3. The third-order valence-electron chi connectivity index (χ3n) is 2.37. The van der Waals surface area contributed by atoms with Crippen LogP contribution in [0.25, 0.3) is 0 Å². The molecule has 0 spiro atoms. The fourth-order valence-electron chi connectivity index (χ4n) is 1.35. The van der Waals surface area contributed by atoms with Crippen LogP contribution in [0, 0.1) is 0 Å². The fourth-order valence-corrected chi connectivity index (χ4v) is 1.71. The molecule has 0 unspecified atom stereocenters. The average molecular weight is 337 g/mol. The molecule has 100 valence electrons. The van der Waals surface area contributed by atoms with Crippen LogP contribution in [0.1, 0.15) is 13.3 Å². The Morgan fingerprint density at radius 1 is 1.39 bits per heavy atom. The molecule has 1 N–H and O–H groups in total. The maximum atomic E-state index is 11.8. The first kappa shape index (κ1) is 15.1. The van der Waals surface area contributed by atoms with Crippen molar-refractivity contribution >= 4 is 39.1 Å². The molecule has 0 heterocycles. The second kappa shape index (κ2) is 6.85. The Kier molecular flexibility index (Phi) is 5.75. The third kappa shape index (κ3) is 3.53. The van der Waals surface area contributed by atoms with Crippen molar-refractivity contribution in [3.8, 4) is 11.5 Å². The number of benzene rings is 1. The van der Waals surface area contributed by atoms with Crippen molar-refractivity contribution in [2.45, 2.75) is 18.2 Å². The zero-order valence-corrected chi connectivity index (χ0v) is 12.8. The minimum absolute atomic E-state index is 0.142. The van der Waals surface area contributed by atoms with Crippen LogP contribution in [0.4, 0.5) is 5.69 Å². The Hall–Kier alpha value is -0.940. The van der Waals surface area contributed by atoms with E-state index in [2.05, 4.69) is 21.2 Å². The second-order valence-corrected chi connectivity index (χ2v) is 5.06. The summed E-state index contributed by atoms with van der Waals surface area (Å²) in [6.45, 7) is 1.91. The van der Waals surface area contributed by atoms with Crippen molar-refractivity contribution in [1.29, 1.82) is 0 Å². The van der Waals surface area contributed by atoms with Gasteiger partial charge in [0, 0.05) is 6.07 Å². The van der Waals surface area contributed by atoms with Crippen LogP contribution >= 0.6 is 27.5 Å². The fraction of sp³-hybridized carbons (Fsp3) is 0.417. The molecule has 0 radical (unpaired) electrons. The minimum atomic E-state index is -0.247. The summed E-state index contributed by atoms with van der Waals surface area (Å²) in [5.74, 6) is 0.856. The van der Waals surface area contributed by atoms with Crippen LogP contribution in [0.15, 0.2) is 12.1 Å². The molecule has 0 aliphatic heterocycles. The quantitative estimate of drug-likeness (QED) is 0.838. The van der Waals surface area contributed by atoms with E-state index in [-0.39, 0.29) is 10.7 Å². The van der Waals surface area contributed by atoms with E-state index < -0.39 is 0 Å². The van der Waals surface area contributed by atoms with Crippen molar-refractivity contribution < 1.29 is 14.3 Å². The molecular formula is C12H15BrClNO3. The van der Waals surface area contributed by atoms with Gasteiger partial charge in [0.2, 0.25) is 5.91 Å². The maximum Gasteiger partial charge on any atom is 0.238 e. The van der Waals surface area contributed by atoms with Crippen LogP contribution in [-0.2, 0) is 4.79 Å². The van der Waals surface area contributed by atoms with Crippen molar-refractivity contribution in [3.63, 3.8) is 0 Å². The van der Waals surface area contributed by atoms with Gasteiger partial charge in [-0.3, -0.25) is 4.79 Å². The first-order chi connectivity index (χ1) is 8.53. The highest BCUT2D eigenvalue weighted by molar-refractivity contribution is 9.10. The summed E-state index contributed by atoms with van der Waals surface area (Å²) in [4.78, 5) is 11.5. The van der Waals surface area contributed by atoms with Gasteiger partial charge in [-0.1, -0.05) is 34.5 Å². The largest absolute Gasteiger partial charge is 0.495 e. The Balaban J connectivity index is 3.01. The van der Waals surface area contributed by atoms with Gasteiger partial charge in [0.1, 0.15) is 11.5 Å². The van der Waals surface area contributed by atoms with E-state index >= 15 is 0 Å². The SMILES string of the molecule is CC[C@H](Br)C(=O)Nc1cc(Cl)c(OC)cc1OC. The standard InChI is InChI=1S/C12H15BrClNO3/c1-4-7(13)12(16)15-9-5-8(14)10(17-2)6-11(9)18-3/h5-7H,4H2,1-3H3,(H,15,16)/t7-/m0/s1. The van der Waals surface area contributed by atoms with Gasteiger partial charge in [0.05, 0.1) is 29.8 Å². The van der Waals surface area contributed by atoms with Gasteiger partial charge in [-0.05, 0) is 12.5 Å². The second-order valence-electron chi connectivity index (χ2n) is 3.55. The molecule has 6 heteroatoms. The molecule has 0 aromatic heterocycles. The third-order valence-corrected chi connectivity index (χ3v) is 3.73. The lowest BCUT2D eigenvalue weighted by Crippen LogP contribution is -2.22. The first-order valence-corrected chi connectivity index (χ1v) is 6.69. The van der Waals surface area contributed by atoms with Crippen LogP contribution in [0.5, 0.6) is 11.5 Å². The Bertz CT molecular complexity index is 440. The van der Waals surface area contributed by atoms with Gasteiger partial charge >= 0.3 is 0 Å². The summed E-state index contributed by atoms with van der Waals surface area (Å²) in [6, 6.07) is 3.24. The van der Waals surface area contributed by atoms with E-state index in [0.717, 1.165) is 0 Å². The highest BCUT2D eigenvalue weighted by Crippen LogP contribution is 2.36. The van der Waals surface area contributed by atoms with E-state index in [9.17, 15) is 4.79 Å². The number of ether oxygens (including phenoxy) is 2. The van der Waals surface area contributed by atoms with E-state index in [1.165, 1.54) is 14.2 Å². The molecule has 1 aromatic rings. The number of amides is 1. The monoisotopic (exact) mass is 335 g/mol. The van der Waals surface area contributed by atoms with Crippen molar-refractivity contribution in [2.75, 3.05) is 19.5 Å². The summed E-state index contributed by atoms with van der Waals surface area (Å²) >= 11 is 9.29. The number of methoxy groups -OCH3 is 2. The summed E-state index contributed by atoms with van der Waals surface area (Å²) in [5.41, 5.74) is 0.520. The number of nitrogens with one attached hydrogen (secondary N) is 1. The van der Waals surface area contributed by atoms with Crippen LogP contribution in [-0.4, -0.2) is 25.0 Å². The lowest BCUT2D eigenvalue weighted by atomic mass is 10.2. The lowest BCUT2D eigenvalue weighted by molar-refractivity contribution is -0.115. The normalized spacial score (nSPS) is 11.8. The van der Waals surface area contributed by atoms with Gasteiger partial charge in [-0.25, -0.2) is 0 Å². The molecule has 0 fully saturated rings. The molecule has 0 aliphatic carbocycles. The summed E-state index contributed by atoms with van der Waals surface area (Å²) < 4.78 is 10.3. The topological polar surface area (TPSA) is 47.6 Å². The highest BCUT2D eigenvalue weighted by atomic mass is 79.9. The molecule has 0 bridgehead atoms. The lowest BCUT2D eigenvalue weighted by Gasteiger charge is -2.14. The minimum Gasteiger partial charge on any atom is -0.495 e. The highest BCUT2D eigenvalue weighted by Gasteiger charge is 2.16. The Morgan fingerprint density at radius 3 is 2.50 bits per heavy atom. The number of anilines is 1. The molecule has 1 aromatic carbocycles. The summed E-state index contributed by atoms with van der Waals surface area (Å²) in [7, 11) is 3.04. The number of alkyl halides is 1. The van der Waals surface area contributed by atoms with Crippen LogP contribution < -0.4 is 14.8 Å². The van der Waals surface area contributed by atoms with Crippen molar-refractivity contribution in [3.05, 3.63) is 17.2 Å². The molecule has 1 atom stereocenters. The van der Waals surface area contributed by atoms with Gasteiger partial charge in [0.15, 0.2) is 0 Å². The Morgan fingerprint density at radius 2 is 2.00 bits per heavy atom. The molecule has 4 nitrogen and oxygen atoms in total. The molecule has 1 amide bonds. The number of halogens is 2. The first-order valence-electron chi connectivity index (χ1n) is 5.39. The summed E-state index contributed by atoms with van der Waals surface area (Å²) in [5, 5.41) is 3.17. The maximum absolute atomic E-state index is 11.8. The van der Waals surface area contributed by atoms with Crippen LogP contribution in [0.2, 0.25) is 5.02 Å². The molecular weight excluding hydrogens is 321 g/mol. The Labute approximate surface area is 120 Å². The van der Waals surface area contributed by atoms with E-state index in [4.69, 9.17) is 21.1 Å². The molecule has 0 saturated carbocycles. The molecule has 1 rings (SSSR count). The van der Waals surface area contributed by atoms with Gasteiger partial charge in [-0.2, -0.15) is 0 Å². The molecule has 0 saturated heterocycles. The zero-order valence-electron chi connectivity index (χ0n) is 10.4. The predicted molar refractivity (Wildman–Crippen MR) is 76.2 cm³/mol.